The third kappa shape index (κ3) is 5.78. The molecule has 0 saturated heterocycles. The lowest BCUT2D eigenvalue weighted by Crippen LogP contribution is -2.36. The van der Waals surface area contributed by atoms with Crippen LogP contribution >= 0.6 is 0 Å². The van der Waals surface area contributed by atoms with Gasteiger partial charge in [0, 0.05) is 60.7 Å². The Kier molecular flexibility index (Phi) is 7.75. The normalized spacial score (nSPS) is 11.3. The summed E-state index contributed by atoms with van der Waals surface area (Å²) in [6.45, 7) is 0.482. The molecule has 0 unspecified atom stereocenters. The maximum Gasteiger partial charge on any atom is 0.258 e. The summed E-state index contributed by atoms with van der Waals surface area (Å²) in [5.74, 6) is 1.29. The second-order valence-electron chi connectivity index (χ2n) is 8.43. The molecular weight excluding hydrogens is 454 g/mol. The van der Waals surface area contributed by atoms with Crippen molar-refractivity contribution in [2.24, 2.45) is 4.99 Å². The van der Waals surface area contributed by atoms with E-state index in [-0.39, 0.29) is 5.91 Å². The van der Waals surface area contributed by atoms with Crippen molar-refractivity contribution in [1.82, 2.24) is 10.3 Å². The van der Waals surface area contributed by atoms with Crippen LogP contribution in [0.25, 0.3) is 10.9 Å². The average molecular weight is 486 g/mol. The van der Waals surface area contributed by atoms with Crippen LogP contribution in [-0.2, 0) is 6.42 Å². The Morgan fingerprint density at radius 3 is 2.56 bits per heavy atom. The van der Waals surface area contributed by atoms with Gasteiger partial charge in [0.15, 0.2) is 11.5 Å². The van der Waals surface area contributed by atoms with E-state index in [2.05, 4.69) is 21.7 Å². The molecule has 0 aliphatic rings. The Balaban J connectivity index is 1.56. The van der Waals surface area contributed by atoms with Crippen molar-refractivity contribution in [1.29, 1.82) is 0 Å². The number of methoxy groups -OCH3 is 2. The van der Waals surface area contributed by atoms with E-state index >= 15 is 0 Å². The zero-order chi connectivity index (χ0) is 25.5. The fourth-order valence-corrected chi connectivity index (χ4v) is 3.89. The van der Waals surface area contributed by atoms with E-state index in [4.69, 9.17) is 14.5 Å². The number of rotatable bonds is 8. The van der Waals surface area contributed by atoms with Crippen molar-refractivity contribution < 1.29 is 14.3 Å². The summed E-state index contributed by atoms with van der Waals surface area (Å²) in [4.78, 5) is 23.1. The number of aliphatic imine (C=N–C) groups is 1. The van der Waals surface area contributed by atoms with Gasteiger partial charge in [-0.15, -0.1) is 0 Å². The lowest BCUT2D eigenvalue weighted by Gasteiger charge is -2.16. The summed E-state index contributed by atoms with van der Waals surface area (Å²) < 4.78 is 10.7. The summed E-state index contributed by atoms with van der Waals surface area (Å²) in [5.41, 5.74) is 4.45. The minimum absolute atomic E-state index is 0.252. The Morgan fingerprint density at radius 2 is 1.78 bits per heavy atom. The molecule has 0 spiro atoms. The second-order valence-corrected chi connectivity index (χ2v) is 8.43. The monoisotopic (exact) mass is 485 g/mol. The van der Waals surface area contributed by atoms with Crippen LogP contribution in [0.3, 0.4) is 0 Å². The number of fused-ring (bicyclic) bond motifs is 1. The largest absolute Gasteiger partial charge is 0.493 e. The molecule has 0 atom stereocenters. The number of nitrogens with one attached hydrogen (secondary N) is 3. The van der Waals surface area contributed by atoms with Crippen molar-refractivity contribution in [3.05, 3.63) is 84.1 Å². The molecule has 8 heteroatoms. The Bertz CT molecular complexity index is 1380. The molecule has 186 valence electrons. The summed E-state index contributed by atoms with van der Waals surface area (Å²) in [7, 11) is 7.04. The molecule has 0 bridgehead atoms. The molecule has 0 aliphatic carbocycles. The summed E-state index contributed by atoms with van der Waals surface area (Å²) >= 11 is 0. The van der Waals surface area contributed by atoms with E-state index in [1.54, 1.807) is 32.4 Å². The van der Waals surface area contributed by atoms with Gasteiger partial charge in [-0.3, -0.25) is 15.1 Å². The van der Waals surface area contributed by atoms with Crippen molar-refractivity contribution in [3.8, 4) is 11.5 Å². The summed E-state index contributed by atoms with van der Waals surface area (Å²) in [5, 5.41) is 7.33. The van der Waals surface area contributed by atoms with Gasteiger partial charge in [0.1, 0.15) is 0 Å². The van der Waals surface area contributed by atoms with Crippen LogP contribution in [0.2, 0.25) is 0 Å². The average Bonchev–Trinajstić information content (AvgIpc) is 3.31. The second kappa shape index (κ2) is 11.3. The first-order chi connectivity index (χ1) is 17.5. The number of aromatic amines is 1. The number of aromatic nitrogens is 1. The number of carbonyl (C=O) groups is 1. The number of ether oxygens (including phenoxy) is 2. The predicted octanol–water partition coefficient (Wildman–Crippen LogP) is 4.69. The molecule has 1 amide bonds. The molecule has 1 heterocycles. The van der Waals surface area contributed by atoms with Crippen molar-refractivity contribution >= 4 is 34.1 Å². The van der Waals surface area contributed by atoms with Gasteiger partial charge in [-0.05, 0) is 48.4 Å². The highest BCUT2D eigenvalue weighted by Crippen LogP contribution is 2.29. The first kappa shape index (κ1) is 24.7. The predicted molar refractivity (Wildman–Crippen MR) is 146 cm³/mol. The van der Waals surface area contributed by atoms with Crippen molar-refractivity contribution in [3.63, 3.8) is 0 Å². The van der Waals surface area contributed by atoms with Crippen LogP contribution in [-0.4, -0.2) is 51.7 Å². The van der Waals surface area contributed by atoms with Gasteiger partial charge in [-0.25, -0.2) is 0 Å². The topological polar surface area (TPSA) is 91.0 Å². The Morgan fingerprint density at radius 1 is 0.972 bits per heavy atom. The molecule has 3 aromatic carbocycles. The number of hydrogen-bond donors (Lipinski definition) is 3. The number of guanidine groups is 1. The molecule has 0 saturated carbocycles. The van der Waals surface area contributed by atoms with Crippen LogP contribution in [0.1, 0.15) is 15.9 Å². The standard InChI is InChI=1S/C28H31N5O3/c1-33(2)22-9-7-8-19(16-22)27(34)32-28(31-21-12-13-25(35-3)26(17-21)36-4)29-15-14-20-18-30-24-11-6-5-10-23(20)24/h5-13,16-18,30H,14-15H2,1-4H3,(H2,29,31,32,34). The van der Waals surface area contributed by atoms with Crippen LogP contribution in [0.4, 0.5) is 11.4 Å². The number of nitrogens with zero attached hydrogens (tertiary/aromatic N) is 2. The lowest BCUT2D eigenvalue weighted by atomic mass is 10.1. The number of hydrogen-bond acceptors (Lipinski definition) is 5. The molecule has 0 aliphatic heterocycles. The molecule has 0 radical (unpaired) electrons. The maximum atomic E-state index is 13.1. The minimum Gasteiger partial charge on any atom is -0.493 e. The van der Waals surface area contributed by atoms with Gasteiger partial charge < -0.3 is 24.7 Å². The molecule has 4 aromatic rings. The van der Waals surface area contributed by atoms with E-state index < -0.39 is 0 Å². The Hall–Kier alpha value is -4.46. The smallest absolute Gasteiger partial charge is 0.258 e. The molecule has 36 heavy (non-hydrogen) atoms. The first-order valence-corrected chi connectivity index (χ1v) is 11.7. The fraction of sp³-hybridized carbons (Fsp3) is 0.214. The third-order valence-electron chi connectivity index (χ3n) is 5.83. The molecular formula is C28H31N5O3. The highest BCUT2D eigenvalue weighted by atomic mass is 16.5. The lowest BCUT2D eigenvalue weighted by molar-refractivity contribution is 0.0977. The number of anilines is 2. The molecule has 8 nitrogen and oxygen atoms in total. The molecule has 1 aromatic heterocycles. The quantitative estimate of drug-likeness (QED) is 0.249. The summed E-state index contributed by atoms with van der Waals surface area (Å²) in [6.07, 6.45) is 2.72. The minimum atomic E-state index is -0.252. The maximum absolute atomic E-state index is 13.1. The van der Waals surface area contributed by atoms with E-state index in [0.717, 1.165) is 11.2 Å². The third-order valence-corrected chi connectivity index (χ3v) is 5.83. The molecule has 3 N–H and O–H groups in total. The van der Waals surface area contributed by atoms with Gasteiger partial charge >= 0.3 is 0 Å². The van der Waals surface area contributed by atoms with Crippen LogP contribution in [0.15, 0.2) is 77.9 Å². The summed E-state index contributed by atoms with van der Waals surface area (Å²) in [6, 6.07) is 21.0. The molecule has 0 fully saturated rings. The van der Waals surface area contributed by atoms with E-state index in [9.17, 15) is 4.79 Å². The van der Waals surface area contributed by atoms with Gasteiger partial charge in [-0.2, -0.15) is 0 Å². The van der Waals surface area contributed by atoms with Gasteiger partial charge in [0.05, 0.1) is 14.2 Å². The van der Waals surface area contributed by atoms with Gasteiger partial charge in [-0.1, -0.05) is 24.3 Å². The molecule has 4 rings (SSSR count). The van der Waals surface area contributed by atoms with Crippen molar-refractivity contribution in [2.75, 3.05) is 45.1 Å². The first-order valence-electron chi connectivity index (χ1n) is 11.7. The van der Waals surface area contributed by atoms with E-state index in [1.165, 1.54) is 10.9 Å². The number of H-pyrrole nitrogens is 1. The van der Waals surface area contributed by atoms with Crippen LogP contribution in [0.5, 0.6) is 11.5 Å². The van der Waals surface area contributed by atoms with Crippen LogP contribution < -0.4 is 25.0 Å². The number of carbonyl (C=O) groups excluding carboxylic acids is 1. The highest BCUT2D eigenvalue weighted by molar-refractivity contribution is 6.10. The Labute approximate surface area is 210 Å². The highest BCUT2D eigenvalue weighted by Gasteiger charge is 2.12. The van der Waals surface area contributed by atoms with E-state index in [0.29, 0.717) is 41.7 Å². The van der Waals surface area contributed by atoms with Gasteiger partial charge in [0.2, 0.25) is 5.96 Å². The van der Waals surface area contributed by atoms with Crippen molar-refractivity contribution in [2.45, 2.75) is 6.42 Å². The zero-order valence-electron chi connectivity index (χ0n) is 21.0. The number of amides is 1. The fourth-order valence-electron chi connectivity index (χ4n) is 3.89. The van der Waals surface area contributed by atoms with E-state index in [1.807, 2.05) is 67.7 Å². The van der Waals surface area contributed by atoms with Crippen LogP contribution in [0, 0.1) is 0 Å². The van der Waals surface area contributed by atoms with Gasteiger partial charge in [0.25, 0.3) is 5.91 Å². The zero-order valence-corrected chi connectivity index (χ0v) is 21.0. The number of para-hydroxylation sites is 1. The SMILES string of the molecule is COc1ccc(NC(=NCCc2c[nH]c3ccccc23)NC(=O)c2cccc(N(C)C)c2)cc1OC. The number of benzene rings is 3.